The minimum atomic E-state index is -0.181. The van der Waals surface area contributed by atoms with E-state index in [0.717, 1.165) is 0 Å². The maximum Gasteiger partial charge on any atom is 0.258 e. The molecule has 0 radical (unpaired) electrons. The number of ether oxygens (including phenoxy) is 1. The van der Waals surface area contributed by atoms with Crippen LogP contribution >= 0.6 is 0 Å². The lowest BCUT2D eigenvalue weighted by Crippen LogP contribution is -2.12. The Kier molecular flexibility index (Phi) is 4.16. The molecule has 0 aliphatic rings. The lowest BCUT2D eigenvalue weighted by atomic mass is 10.1. The summed E-state index contributed by atoms with van der Waals surface area (Å²) < 4.78 is 10.9. The van der Waals surface area contributed by atoms with E-state index in [0.29, 0.717) is 23.9 Å². The van der Waals surface area contributed by atoms with E-state index >= 15 is 0 Å². The van der Waals surface area contributed by atoms with Crippen LogP contribution in [0, 0.1) is 5.92 Å². The molecule has 1 N–H and O–H groups in total. The summed E-state index contributed by atoms with van der Waals surface area (Å²) in [5, 5.41) is 13.4. The second-order valence-corrected chi connectivity index (χ2v) is 4.63. The lowest BCUT2D eigenvalue weighted by Gasteiger charge is -2.16. The van der Waals surface area contributed by atoms with E-state index in [1.165, 1.54) is 0 Å². The molecule has 5 heteroatoms. The van der Waals surface area contributed by atoms with Crippen molar-refractivity contribution in [2.24, 2.45) is 5.92 Å². The highest BCUT2D eigenvalue weighted by Gasteiger charge is 2.22. The van der Waals surface area contributed by atoms with Crippen LogP contribution in [-0.4, -0.2) is 21.9 Å². The smallest absolute Gasteiger partial charge is 0.258 e. The van der Waals surface area contributed by atoms with Crippen LogP contribution in [0.25, 0.3) is 11.5 Å². The SMILES string of the molecule is CCOC(c1noc(-c2cccc(O)c2)n1)C(C)C. The van der Waals surface area contributed by atoms with Crippen LogP contribution in [0.1, 0.15) is 32.7 Å². The summed E-state index contributed by atoms with van der Waals surface area (Å²) in [7, 11) is 0. The molecule has 0 fully saturated rings. The zero-order valence-electron chi connectivity index (χ0n) is 11.3. The molecule has 0 aliphatic carbocycles. The minimum Gasteiger partial charge on any atom is -0.508 e. The van der Waals surface area contributed by atoms with Gasteiger partial charge in [0.2, 0.25) is 5.82 Å². The average Bonchev–Trinajstić information content (AvgIpc) is 2.84. The number of hydrogen-bond donors (Lipinski definition) is 1. The van der Waals surface area contributed by atoms with Gasteiger partial charge in [-0.2, -0.15) is 4.98 Å². The summed E-state index contributed by atoms with van der Waals surface area (Å²) in [5.74, 6) is 1.35. The molecule has 1 aromatic heterocycles. The largest absolute Gasteiger partial charge is 0.508 e. The van der Waals surface area contributed by atoms with E-state index in [4.69, 9.17) is 9.26 Å². The third-order valence-corrected chi connectivity index (χ3v) is 2.74. The fourth-order valence-electron chi connectivity index (χ4n) is 1.85. The monoisotopic (exact) mass is 262 g/mol. The van der Waals surface area contributed by atoms with Gasteiger partial charge in [0.25, 0.3) is 5.89 Å². The maximum absolute atomic E-state index is 9.45. The number of benzene rings is 1. The molecule has 0 amide bonds. The normalized spacial score (nSPS) is 12.8. The van der Waals surface area contributed by atoms with Gasteiger partial charge >= 0.3 is 0 Å². The molecule has 0 saturated carbocycles. The number of hydrogen-bond acceptors (Lipinski definition) is 5. The highest BCUT2D eigenvalue weighted by molar-refractivity contribution is 5.55. The summed E-state index contributed by atoms with van der Waals surface area (Å²) in [6.07, 6.45) is -0.181. The topological polar surface area (TPSA) is 68.4 Å². The average molecular weight is 262 g/mol. The Morgan fingerprint density at radius 1 is 1.37 bits per heavy atom. The minimum absolute atomic E-state index is 0.169. The van der Waals surface area contributed by atoms with Gasteiger partial charge in [-0.25, -0.2) is 0 Å². The summed E-state index contributed by atoms with van der Waals surface area (Å²) in [4.78, 5) is 4.35. The second-order valence-electron chi connectivity index (χ2n) is 4.63. The molecule has 19 heavy (non-hydrogen) atoms. The van der Waals surface area contributed by atoms with Crippen molar-refractivity contribution in [3.63, 3.8) is 0 Å². The molecule has 5 nitrogen and oxygen atoms in total. The molecule has 1 heterocycles. The van der Waals surface area contributed by atoms with Crippen molar-refractivity contribution in [1.29, 1.82) is 0 Å². The van der Waals surface area contributed by atoms with Crippen molar-refractivity contribution in [2.45, 2.75) is 26.9 Å². The van der Waals surface area contributed by atoms with E-state index in [1.807, 2.05) is 26.8 Å². The summed E-state index contributed by atoms with van der Waals surface area (Å²) >= 11 is 0. The molecular formula is C14H18N2O3. The van der Waals surface area contributed by atoms with Crippen LogP contribution in [0.4, 0.5) is 0 Å². The molecule has 0 bridgehead atoms. The van der Waals surface area contributed by atoms with Gasteiger partial charge in [-0.3, -0.25) is 0 Å². The molecular weight excluding hydrogens is 244 g/mol. The molecule has 2 aromatic rings. The number of nitrogens with zero attached hydrogens (tertiary/aromatic N) is 2. The Balaban J connectivity index is 2.27. The zero-order chi connectivity index (χ0) is 13.8. The van der Waals surface area contributed by atoms with Crippen LogP contribution in [0.3, 0.4) is 0 Å². The Bertz CT molecular complexity index is 537. The highest BCUT2D eigenvalue weighted by Crippen LogP contribution is 2.27. The molecule has 0 aliphatic heterocycles. The van der Waals surface area contributed by atoms with E-state index in [2.05, 4.69) is 10.1 Å². The first kappa shape index (κ1) is 13.5. The van der Waals surface area contributed by atoms with Crippen molar-refractivity contribution >= 4 is 0 Å². The Morgan fingerprint density at radius 2 is 2.16 bits per heavy atom. The number of phenolic OH excluding ortho intramolecular Hbond substituents is 1. The van der Waals surface area contributed by atoms with Crippen molar-refractivity contribution in [3.8, 4) is 17.2 Å². The molecule has 0 spiro atoms. The number of aromatic hydroxyl groups is 1. The van der Waals surface area contributed by atoms with Crippen molar-refractivity contribution < 1.29 is 14.4 Å². The van der Waals surface area contributed by atoms with Crippen LogP contribution in [0.5, 0.6) is 5.75 Å². The van der Waals surface area contributed by atoms with Crippen LogP contribution in [0.15, 0.2) is 28.8 Å². The van der Waals surface area contributed by atoms with Crippen LogP contribution in [0.2, 0.25) is 0 Å². The first-order valence-corrected chi connectivity index (χ1v) is 6.36. The van der Waals surface area contributed by atoms with Crippen molar-refractivity contribution in [2.75, 3.05) is 6.61 Å². The Labute approximate surface area is 112 Å². The summed E-state index contributed by atoms with van der Waals surface area (Å²) in [6, 6.07) is 6.72. The van der Waals surface area contributed by atoms with Crippen LogP contribution in [-0.2, 0) is 4.74 Å². The molecule has 2 rings (SSSR count). The van der Waals surface area contributed by atoms with Crippen molar-refractivity contribution in [3.05, 3.63) is 30.1 Å². The molecule has 1 atom stereocenters. The van der Waals surface area contributed by atoms with E-state index < -0.39 is 0 Å². The van der Waals surface area contributed by atoms with Gasteiger partial charge in [0.1, 0.15) is 11.9 Å². The second kappa shape index (κ2) is 5.84. The molecule has 1 aromatic carbocycles. The predicted octanol–water partition coefficient (Wildman–Crippen LogP) is 3.18. The first-order chi connectivity index (χ1) is 9.11. The molecule has 1 unspecified atom stereocenters. The number of phenols is 1. The standard InChI is InChI=1S/C14H18N2O3/c1-4-18-12(9(2)3)13-15-14(19-16-13)10-6-5-7-11(17)8-10/h5-9,12,17H,4H2,1-3H3. The van der Waals surface area contributed by atoms with Gasteiger partial charge in [0, 0.05) is 12.2 Å². The number of aromatic nitrogens is 2. The predicted molar refractivity (Wildman–Crippen MR) is 70.6 cm³/mol. The van der Waals surface area contributed by atoms with Gasteiger partial charge in [-0.15, -0.1) is 0 Å². The summed E-state index contributed by atoms with van der Waals surface area (Å²) in [5.41, 5.74) is 0.692. The van der Waals surface area contributed by atoms with Gasteiger partial charge < -0.3 is 14.4 Å². The Morgan fingerprint density at radius 3 is 2.79 bits per heavy atom. The van der Waals surface area contributed by atoms with Gasteiger partial charge in [-0.05, 0) is 31.0 Å². The van der Waals surface area contributed by atoms with Crippen LogP contribution < -0.4 is 0 Å². The lowest BCUT2D eigenvalue weighted by molar-refractivity contribution is 0.0217. The van der Waals surface area contributed by atoms with E-state index in [-0.39, 0.29) is 17.8 Å². The maximum atomic E-state index is 9.45. The quantitative estimate of drug-likeness (QED) is 0.896. The summed E-state index contributed by atoms with van der Waals surface area (Å²) in [6.45, 7) is 6.62. The van der Waals surface area contributed by atoms with E-state index in [9.17, 15) is 5.11 Å². The van der Waals surface area contributed by atoms with Gasteiger partial charge in [-0.1, -0.05) is 25.1 Å². The number of rotatable bonds is 5. The fourth-order valence-corrected chi connectivity index (χ4v) is 1.85. The third kappa shape index (κ3) is 3.12. The first-order valence-electron chi connectivity index (χ1n) is 6.36. The van der Waals surface area contributed by atoms with Gasteiger partial charge in [0.15, 0.2) is 0 Å². The van der Waals surface area contributed by atoms with Gasteiger partial charge in [0.05, 0.1) is 0 Å². The van der Waals surface area contributed by atoms with Crippen molar-refractivity contribution in [1.82, 2.24) is 10.1 Å². The molecule has 102 valence electrons. The molecule has 0 saturated heterocycles. The fraction of sp³-hybridized carbons (Fsp3) is 0.429. The van der Waals surface area contributed by atoms with E-state index in [1.54, 1.807) is 18.2 Å². The zero-order valence-corrected chi connectivity index (χ0v) is 11.3. The highest BCUT2D eigenvalue weighted by atomic mass is 16.5. The Hall–Kier alpha value is -1.88. The third-order valence-electron chi connectivity index (χ3n) is 2.74.